The van der Waals surface area contributed by atoms with Crippen molar-refractivity contribution in [3.05, 3.63) is 65.2 Å². The molecular formula is C21H27N3O3S. The average Bonchev–Trinajstić information content (AvgIpc) is 2.69. The number of piperazine rings is 1. The number of nitrogens with zero attached hydrogens (tertiary/aromatic N) is 2. The van der Waals surface area contributed by atoms with Crippen LogP contribution in [0.5, 0.6) is 0 Å². The highest BCUT2D eigenvalue weighted by Gasteiger charge is 2.28. The molecule has 1 aliphatic heterocycles. The van der Waals surface area contributed by atoms with Crippen LogP contribution in [0.25, 0.3) is 0 Å². The summed E-state index contributed by atoms with van der Waals surface area (Å²) in [6.07, 6.45) is 0.727. The average molecular weight is 402 g/mol. The molecule has 0 unspecified atom stereocenters. The van der Waals surface area contributed by atoms with Crippen LogP contribution in [0.4, 0.5) is 0 Å². The standard InChI is InChI=1S/C21H27N3O3S/c1-17-8-9-19(28(26,27)24-14-12-23(2)13-15-24)16-20(17)21(25)22-11-10-18-6-4-3-5-7-18/h3-9,16H,10-15H2,1-2H3,(H,22,25). The molecule has 0 aromatic heterocycles. The van der Waals surface area contributed by atoms with Gasteiger partial charge in [-0.2, -0.15) is 4.31 Å². The number of carbonyl (C=O) groups is 1. The summed E-state index contributed by atoms with van der Waals surface area (Å²) in [5.74, 6) is -0.246. The molecule has 1 fully saturated rings. The predicted molar refractivity (Wildman–Crippen MR) is 110 cm³/mol. The third-order valence-corrected chi connectivity index (χ3v) is 6.99. The van der Waals surface area contributed by atoms with Crippen LogP contribution in [0.3, 0.4) is 0 Å². The fourth-order valence-corrected chi connectivity index (χ4v) is 4.69. The summed E-state index contributed by atoms with van der Waals surface area (Å²) < 4.78 is 27.4. The highest BCUT2D eigenvalue weighted by Crippen LogP contribution is 2.21. The number of hydrogen-bond donors (Lipinski definition) is 1. The van der Waals surface area contributed by atoms with Crippen LogP contribution in [0.1, 0.15) is 21.5 Å². The Balaban J connectivity index is 1.71. The molecule has 6 nitrogen and oxygen atoms in total. The second-order valence-corrected chi connectivity index (χ2v) is 9.11. The molecule has 0 spiro atoms. The van der Waals surface area contributed by atoms with Crippen molar-refractivity contribution in [3.63, 3.8) is 0 Å². The van der Waals surface area contributed by atoms with Crippen molar-refractivity contribution >= 4 is 15.9 Å². The maximum absolute atomic E-state index is 13.0. The summed E-state index contributed by atoms with van der Waals surface area (Å²) in [6.45, 7) is 4.66. The lowest BCUT2D eigenvalue weighted by molar-refractivity contribution is 0.0953. The zero-order valence-electron chi connectivity index (χ0n) is 16.4. The molecule has 1 amide bonds. The number of amides is 1. The quantitative estimate of drug-likeness (QED) is 0.803. The summed E-state index contributed by atoms with van der Waals surface area (Å²) in [5, 5.41) is 2.90. The minimum atomic E-state index is -3.60. The van der Waals surface area contributed by atoms with Gasteiger partial charge in [0.1, 0.15) is 0 Å². The van der Waals surface area contributed by atoms with E-state index in [2.05, 4.69) is 10.2 Å². The molecule has 28 heavy (non-hydrogen) atoms. The summed E-state index contributed by atoms with van der Waals surface area (Å²) >= 11 is 0. The van der Waals surface area contributed by atoms with Crippen molar-refractivity contribution in [1.82, 2.24) is 14.5 Å². The normalized spacial score (nSPS) is 16.1. The number of hydrogen-bond acceptors (Lipinski definition) is 4. The maximum Gasteiger partial charge on any atom is 0.251 e. The summed E-state index contributed by atoms with van der Waals surface area (Å²) in [6, 6.07) is 14.7. The van der Waals surface area contributed by atoms with E-state index in [1.807, 2.05) is 44.3 Å². The monoisotopic (exact) mass is 401 g/mol. The second kappa shape index (κ2) is 8.86. The molecule has 7 heteroatoms. The number of rotatable bonds is 6. The number of nitrogens with one attached hydrogen (secondary N) is 1. The van der Waals surface area contributed by atoms with Gasteiger partial charge >= 0.3 is 0 Å². The van der Waals surface area contributed by atoms with E-state index in [0.29, 0.717) is 38.3 Å². The summed E-state index contributed by atoms with van der Waals surface area (Å²) in [7, 11) is -1.62. The highest BCUT2D eigenvalue weighted by atomic mass is 32.2. The van der Waals surface area contributed by atoms with Crippen LogP contribution in [0.2, 0.25) is 0 Å². The molecule has 0 radical (unpaired) electrons. The van der Waals surface area contributed by atoms with Crippen molar-refractivity contribution in [2.45, 2.75) is 18.2 Å². The molecule has 3 rings (SSSR count). The Morgan fingerprint density at radius 3 is 2.39 bits per heavy atom. The molecule has 1 N–H and O–H groups in total. The fourth-order valence-electron chi connectivity index (χ4n) is 3.24. The van der Waals surface area contributed by atoms with Gasteiger partial charge in [0.15, 0.2) is 0 Å². The maximum atomic E-state index is 13.0. The first-order chi connectivity index (χ1) is 13.4. The summed E-state index contributed by atoms with van der Waals surface area (Å²) in [4.78, 5) is 14.9. The minimum absolute atomic E-state index is 0.177. The molecule has 1 saturated heterocycles. The van der Waals surface area contributed by atoms with Crippen molar-refractivity contribution in [2.75, 3.05) is 39.8 Å². The van der Waals surface area contributed by atoms with Gasteiger partial charge in [-0.1, -0.05) is 36.4 Å². The minimum Gasteiger partial charge on any atom is -0.352 e. The highest BCUT2D eigenvalue weighted by molar-refractivity contribution is 7.89. The molecule has 2 aromatic carbocycles. The van der Waals surface area contributed by atoms with Crippen LogP contribution in [0.15, 0.2) is 53.4 Å². The van der Waals surface area contributed by atoms with E-state index in [-0.39, 0.29) is 10.8 Å². The van der Waals surface area contributed by atoms with Gasteiger partial charge in [0.05, 0.1) is 4.90 Å². The Labute approximate surface area is 167 Å². The lowest BCUT2D eigenvalue weighted by Crippen LogP contribution is -2.47. The number of aryl methyl sites for hydroxylation is 1. The van der Waals surface area contributed by atoms with E-state index in [9.17, 15) is 13.2 Å². The second-order valence-electron chi connectivity index (χ2n) is 7.18. The van der Waals surface area contributed by atoms with Crippen molar-refractivity contribution in [2.24, 2.45) is 0 Å². The molecule has 0 bridgehead atoms. The molecule has 1 heterocycles. The van der Waals surface area contributed by atoms with Gasteiger partial charge in [0, 0.05) is 38.3 Å². The lowest BCUT2D eigenvalue weighted by atomic mass is 10.1. The molecular weight excluding hydrogens is 374 g/mol. The van der Waals surface area contributed by atoms with Crippen molar-refractivity contribution in [3.8, 4) is 0 Å². The Morgan fingerprint density at radius 2 is 1.71 bits per heavy atom. The van der Waals surface area contributed by atoms with Crippen LogP contribution >= 0.6 is 0 Å². The van der Waals surface area contributed by atoms with Crippen LogP contribution in [-0.4, -0.2) is 63.3 Å². The van der Waals surface area contributed by atoms with Gasteiger partial charge < -0.3 is 10.2 Å². The molecule has 0 atom stereocenters. The topological polar surface area (TPSA) is 69.7 Å². The molecule has 1 aliphatic rings. The van der Waals surface area contributed by atoms with E-state index in [4.69, 9.17) is 0 Å². The van der Waals surface area contributed by atoms with Gasteiger partial charge in [-0.25, -0.2) is 8.42 Å². The molecule has 0 aliphatic carbocycles. The number of likely N-dealkylation sites (N-methyl/N-ethyl adjacent to an activating group) is 1. The van der Waals surface area contributed by atoms with E-state index in [0.717, 1.165) is 17.5 Å². The number of sulfonamides is 1. The first kappa shape index (κ1) is 20.5. The van der Waals surface area contributed by atoms with Crippen molar-refractivity contribution in [1.29, 1.82) is 0 Å². The Morgan fingerprint density at radius 1 is 1.04 bits per heavy atom. The van der Waals surface area contributed by atoms with Crippen LogP contribution < -0.4 is 5.32 Å². The third-order valence-electron chi connectivity index (χ3n) is 5.10. The van der Waals surface area contributed by atoms with Gasteiger partial charge in [0.2, 0.25) is 10.0 Å². The lowest BCUT2D eigenvalue weighted by Gasteiger charge is -2.31. The first-order valence-corrected chi connectivity index (χ1v) is 10.9. The number of benzene rings is 2. The van der Waals surface area contributed by atoms with Crippen LogP contribution in [-0.2, 0) is 16.4 Å². The molecule has 2 aromatic rings. The molecule has 150 valence electrons. The third kappa shape index (κ3) is 4.79. The van der Waals surface area contributed by atoms with Crippen molar-refractivity contribution < 1.29 is 13.2 Å². The zero-order chi connectivity index (χ0) is 20.1. The Kier molecular flexibility index (Phi) is 6.49. The smallest absolute Gasteiger partial charge is 0.251 e. The van der Waals surface area contributed by atoms with Gasteiger partial charge in [-0.3, -0.25) is 4.79 Å². The SMILES string of the molecule is Cc1ccc(S(=O)(=O)N2CCN(C)CC2)cc1C(=O)NCCc1ccccc1. The van der Waals surface area contributed by atoms with E-state index < -0.39 is 10.0 Å². The van der Waals surface area contributed by atoms with E-state index in [1.54, 1.807) is 12.1 Å². The number of carbonyl (C=O) groups excluding carboxylic acids is 1. The molecule has 0 saturated carbocycles. The van der Waals surface area contributed by atoms with Gasteiger partial charge in [0.25, 0.3) is 5.91 Å². The van der Waals surface area contributed by atoms with E-state index in [1.165, 1.54) is 10.4 Å². The summed E-state index contributed by atoms with van der Waals surface area (Å²) in [5.41, 5.74) is 2.31. The predicted octanol–water partition coefficient (Wildman–Crippen LogP) is 1.90. The van der Waals surface area contributed by atoms with E-state index >= 15 is 0 Å². The van der Waals surface area contributed by atoms with Gasteiger partial charge in [-0.15, -0.1) is 0 Å². The fraction of sp³-hybridized carbons (Fsp3) is 0.381. The Hall–Kier alpha value is -2.22. The van der Waals surface area contributed by atoms with Crippen LogP contribution in [0, 0.1) is 6.92 Å². The zero-order valence-corrected chi connectivity index (χ0v) is 17.2. The van der Waals surface area contributed by atoms with Gasteiger partial charge in [-0.05, 0) is 43.7 Å². The Bertz CT molecular complexity index is 921. The first-order valence-electron chi connectivity index (χ1n) is 9.49. The largest absolute Gasteiger partial charge is 0.352 e.